The summed E-state index contributed by atoms with van der Waals surface area (Å²) >= 11 is 0. The van der Waals surface area contributed by atoms with Crippen LogP contribution in [-0.4, -0.2) is 14.5 Å². The van der Waals surface area contributed by atoms with Gasteiger partial charge in [-0.25, -0.2) is 0 Å². The molecule has 4 aromatic heterocycles. The first-order valence-corrected chi connectivity index (χ1v) is 11.5. The minimum Gasteiger partial charge on any atom is -0.435 e. The van der Waals surface area contributed by atoms with Gasteiger partial charge in [-0.3, -0.25) is 9.97 Å². The Balaban J connectivity index is 0.00000253. The molecule has 6 aromatic rings. The summed E-state index contributed by atoms with van der Waals surface area (Å²) in [5.41, 5.74) is 6.81. The van der Waals surface area contributed by atoms with Gasteiger partial charge in [0.15, 0.2) is 0 Å². The van der Waals surface area contributed by atoms with E-state index in [1.807, 2.05) is 48.8 Å². The Morgan fingerprint density at radius 3 is 2.31 bits per heavy atom. The van der Waals surface area contributed by atoms with E-state index >= 15 is 0 Å². The average Bonchev–Trinajstić information content (AvgIpc) is 3.47. The van der Waals surface area contributed by atoms with E-state index in [1.165, 1.54) is 5.56 Å². The number of fused-ring (bicyclic) bond motifs is 2. The minimum absolute atomic E-state index is 0. The zero-order valence-electron chi connectivity index (χ0n) is 19.8. The molecule has 0 aliphatic rings. The Kier molecular flexibility index (Phi) is 5.94. The zero-order chi connectivity index (χ0) is 23.3. The summed E-state index contributed by atoms with van der Waals surface area (Å²) in [4.78, 5) is 14.5. The van der Waals surface area contributed by atoms with Gasteiger partial charge in [0, 0.05) is 17.6 Å². The van der Waals surface area contributed by atoms with Crippen LogP contribution in [0.4, 0.5) is 0 Å². The first kappa shape index (κ1) is 23.3. The van der Waals surface area contributed by atoms with Gasteiger partial charge in [-0.15, -0.1) is 23.8 Å². The minimum atomic E-state index is -0.0169. The van der Waals surface area contributed by atoms with E-state index in [9.17, 15) is 0 Å². The summed E-state index contributed by atoms with van der Waals surface area (Å²) in [7, 11) is 0. The monoisotopic (exact) mass is 635 g/mol. The van der Waals surface area contributed by atoms with Crippen molar-refractivity contribution in [2.24, 2.45) is 0 Å². The number of nitrogens with zero attached hydrogens (tertiary/aromatic N) is 4. The van der Waals surface area contributed by atoms with E-state index in [-0.39, 0.29) is 26.5 Å². The zero-order valence-corrected chi connectivity index (χ0v) is 22.0. The number of pyridine rings is 2. The van der Waals surface area contributed by atoms with Crippen LogP contribution in [0.3, 0.4) is 0 Å². The fraction of sp³-hybridized carbons (Fsp3) is 0.133. The molecule has 0 spiro atoms. The summed E-state index contributed by atoms with van der Waals surface area (Å²) in [6.07, 6.45) is 3.86. The molecule has 0 unspecified atom stereocenters. The van der Waals surface area contributed by atoms with Crippen molar-refractivity contribution in [2.45, 2.75) is 26.2 Å². The van der Waals surface area contributed by atoms with Crippen LogP contribution in [0.1, 0.15) is 26.3 Å². The van der Waals surface area contributed by atoms with Crippen molar-refractivity contribution >= 4 is 21.9 Å². The van der Waals surface area contributed by atoms with Gasteiger partial charge in [0.2, 0.25) is 0 Å². The number of rotatable bonds is 3. The molecule has 5 heteroatoms. The molecule has 0 radical (unpaired) electrons. The van der Waals surface area contributed by atoms with Gasteiger partial charge in [0.1, 0.15) is 0 Å². The molecule has 0 aliphatic carbocycles. The van der Waals surface area contributed by atoms with E-state index in [1.54, 1.807) is 0 Å². The van der Waals surface area contributed by atoms with Gasteiger partial charge >= 0.3 is 21.1 Å². The van der Waals surface area contributed by atoms with E-state index in [4.69, 9.17) is 9.97 Å². The number of hydrogen-bond donors (Lipinski definition) is 0. The molecule has 35 heavy (non-hydrogen) atoms. The van der Waals surface area contributed by atoms with Crippen molar-refractivity contribution in [1.29, 1.82) is 0 Å². The fourth-order valence-electron chi connectivity index (χ4n) is 4.27. The Morgan fingerprint density at radius 1 is 0.800 bits per heavy atom. The van der Waals surface area contributed by atoms with Crippen LogP contribution in [0.15, 0.2) is 91.3 Å². The Morgan fingerprint density at radius 2 is 1.57 bits per heavy atom. The first-order valence-electron chi connectivity index (χ1n) is 11.5. The van der Waals surface area contributed by atoms with Crippen molar-refractivity contribution in [3.05, 3.63) is 103 Å². The van der Waals surface area contributed by atoms with Crippen LogP contribution < -0.4 is 4.98 Å². The van der Waals surface area contributed by atoms with Crippen molar-refractivity contribution in [3.8, 4) is 28.3 Å². The second-order valence-electron chi connectivity index (χ2n) is 9.63. The molecule has 0 N–H and O–H groups in total. The molecule has 0 saturated heterocycles. The molecule has 0 atom stereocenters. The quantitative estimate of drug-likeness (QED) is 0.198. The van der Waals surface area contributed by atoms with Gasteiger partial charge in [-0.2, -0.15) is 0 Å². The maximum absolute atomic E-state index is 5.08. The number of para-hydroxylation sites is 1. The molecule has 4 heterocycles. The standard InChI is InChI=1S/C30H24N4.Pt/c1-30(2,3)24-17-22(25-9-6-7-14-31-25)16-23(18-24)27-12-11-20-13-15-34(29(20)33-27)28-19-21-8-4-5-10-26(21)32-28;/h4-15,17-19H,1-3H3;/q-2;+2. The molecule has 6 rings (SSSR count). The molecule has 0 amide bonds. The molecule has 0 fully saturated rings. The summed E-state index contributed by atoms with van der Waals surface area (Å²) in [5, 5.41) is 2.20. The van der Waals surface area contributed by atoms with Crippen molar-refractivity contribution in [3.63, 3.8) is 0 Å². The summed E-state index contributed by atoms with van der Waals surface area (Å²) in [5.74, 6) is 0.877. The molecule has 4 nitrogen and oxygen atoms in total. The number of benzene rings is 2. The second-order valence-corrected chi connectivity index (χ2v) is 9.63. The summed E-state index contributed by atoms with van der Waals surface area (Å²) < 4.78 is 2.06. The molecule has 0 bridgehead atoms. The van der Waals surface area contributed by atoms with Crippen LogP contribution in [-0.2, 0) is 26.5 Å². The largest absolute Gasteiger partial charge is 2.00 e. The Bertz CT molecular complexity index is 1610. The SMILES string of the molecule is CC(C)(C)c1cc(-c2ccccn2)[c-]c(-c2ccc3ccn(-c4cc5ccccc5[n-]4)c3n2)c1.[Pt+2]. The molecular weight excluding hydrogens is 611 g/mol. The van der Waals surface area contributed by atoms with Gasteiger partial charge < -0.3 is 9.55 Å². The maximum atomic E-state index is 5.08. The third kappa shape index (κ3) is 4.35. The molecule has 174 valence electrons. The maximum Gasteiger partial charge on any atom is 2.00 e. The Hall–Kier alpha value is -3.49. The van der Waals surface area contributed by atoms with Crippen LogP contribution in [0.25, 0.3) is 50.3 Å². The summed E-state index contributed by atoms with van der Waals surface area (Å²) in [6.45, 7) is 6.67. The second kappa shape index (κ2) is 8.94. The van der Waals surface area contributed by atoms with Crippen LogP contribution >= 0.6 is 0 Å². The first-order chi connectivity index (χ1) is 16.5. The van der Waals surface area contributed by atoms with E-state index in [0.717, 1.165) is 50.3 Å². The van der Waals surface area contributed by atoms with Gasteiger partial charge in [-0.05, 0) is 27.8 Å². The molecule has 2 aromatic carbocycles. The predicted octanol–water partition coefficient (Wildman–Crippen LogP) is 6.96. The third-order valence-corrected chi connectivity index (χ3v) is 6.19. The number of hydrogen-bond acceptors (Lipinski definition) is 2. The average molecular weight is 636 g/mol. The molecule has 0 aliphatic heterocycles. The Labute approximate surface area is 219 Å². The van der Waals surface area contributed by atoms with E-state index < -0.39 is 0 Å². The van der Waals surface area contributed by atoms with E-state index in [2.05, 4.69) is 78.9 Å². The van der Waals surface area contributed by atoms with Gasteiger partial charge in [0.25, 0.3) is 0 Å². The van der Waals surface area contributed by atoms with Crippen molar-refractivity contribution in [1.82, 2.24) is 19.5 Å². The smallest absolute Gasteiger partial charge is 0.435 e. The topological polar surface area (TPSA) is 44.8 Å². The van der Waals surface area contributed by atoms with Crippen LogP contribution in [0.5, 0.6) is 0 Å². The van der Waals surface area contributed by atoms with Crippen LogP contribution in [0.2, 0.25) is 0 Å². The van der Waals surface area contributed by atoms with E-state index in [0.29, 0.717) is 0 Å². The van der Waals surface area contributed by atoms with Gasteiger partial charge in [0.05, 0.1) is 5.65 Å². The molecule has 0 saturated carbocycles. The fourth-order valence-corrected chi connectivity index (χ4v) is 4.27. The predicted molar refractivity (Wildman–Crippen MR) is 138 cm³/mol. The van der Waals surface area contributed by atoms with Gasteiger partial charge in [-0.1, -0.05) is 105 Å². The molecular formula is C30H24N4Pt. The van der Waals surface area contributed by atoms with Crippen LogP contribution in [0, 0.1) is 6.07 Å². The van der Waals surface area contributed by atoms with Crippen molar-refractivity contribution < 1.29 is 21.1 Å². The third-order valence-electron chi connectivity index (χ3n) is 6.19. The number of aromatic nitrogens is 4. The summed E-state index contributed by atoms with van der Waals surface area (Å²) in [6, 6.07) is 30.5. The normalized spacial score (nSPS) is 11.6. The van der Waals surface area contributed by atoms with Crippen molar-refractivity contribution in [2.75, 3.05) is 0 Å².